The molecular weight excluding hydrogens is 288 g/mol. The molecule has 2 rings (SSSR count). The normalized spacial score (nSPS) is 19.4. The Morgan fingerprint density at radius 1 is 1.47 bits per heavy atom. The summed E-state index contributed by atoms with van der Waals surface area (Å²) in [5.74, 6) is -1.51. The second kappa shape index (κ2) is 4.83. The van der Waals surface area contributed by atoms with Gasteiger partial charge in [0.05, 0.1) is 17.6 Å². The van der Waals surface area contributed by atoms with Gasteiger partial charge in [-0.25, -0.2) is 0 Å². The van der Waals surface area contributed by atoms with Gasteiger partial charge in [0, 0.05) is 23.4 Å². The number of halogens is 1. The largest absolute Gasteiger partial charge is 0.548 e. The first kappa shape index (κ1) is 12.0. The molecule has 5 nitrogen and oxygen atoms in total. The van der Waals surface area contributed by atoms with Gasteiger partial charge in [0.1, 0.15) is 0 Å². The van der Waals surface area contributed by atoms with Gasteiger partial charge >= 0.3 is 0 Å². The van der Waals surface area contributed by atoms with Crippen molar-refractivity contribution in [3.63, 3.8) is 0 Å². The molecule has 0 spiro atoms. The standard InChI is InChI=1S/C11H11BrN2O3/c12-8-4-7(5-13-6-8)10(15)14-3-1-2-9(14)11(16)17/h4-6,9H,1-3H2,(H,16,17)/p-1/t9-/m1/s1. The van der Waals surface area contributed by atoms with Crippen LogP contribution in [-0.4, -0.2) is 34.3 Å². The summed E-state index contributed by atoms with van der Waals surface area (Å²) in [6.07, 6.45) is 4.13. The van der Waals surface area contributed by atoms with Crippen molar-refractivity contribution < 1.29 is 14.7 Å². The Hall–Kier alpha value is -1.43. The van der Waals surface area contributed by atoms with Gasteiger partial charge in [0.2, 0.25) is 0 Å². The highest BCUT2D eigenvalue weighted by Gasteiger charge is 2.30. The molecule has 1 fully saturated rings. The number of carboxylic acids is 1. The third-order valence-corrected chi connectivity index (χ3v) is 3.17. The fourth-order valence-corrected chi connectivity index (χ4v) is 2.31. The summed E-state index contributed by atoms with van der Waals surface area (Å²) >= 11 is 3.22. The number of carboxylic acid groups (broad SMARTS) is 1. The van der Waals surface area contributed by atoms with E-state index < -0.39 is 12.0 Å². The molecule has 0 aromatic carbocycles. The summed E-state index contributed by atoms with van der Waals surface area (Å²) in [6.45, 7) is 0.448. The maximum Gasteiger partial charge on any atom is 0.256 e. The lowest BCUT2D eigenvalue weighted by Gasteiger charge is -2.25. The van der Waals surface area contributed by atoms with E-state index in [4.69, 9.17) is 0 Å². The van der Waals surface area contributed by atoms with E-state index in [2.05, 4.69) is 20.9 Å². The average molecular weight is 298 g/mol. The molecule has 0 N–H and O–H groups in total. The molecule has 1 saturated heterocycles. The number of aromatic nitrogens is 1. The Labute approximate surface area is 107 Å². The number of carbonyl (C=O) groups is 2. The van der Waals surface area contributed by atoms with Crippen LogP contribution in [0, 0.1) is 0 Å². The van der Waals surface area contributed by atoms with E-state index >= 15 is 0 Å². The number of rotatable bonds is 2. The highest BCUT2D eigenvalue weighted by atomic mass is 79.9. The third-order valence-electron chi connectivity index (χ3n) is 2.74. The minimum atomic E-state index is -1.20. The first-order chi connectivity index (χ1) is 8.09. The number of nitrogens with zero attached hydrogens (tertiary/aromatic N) is 2. The van der Waals surface area contributed by atoms with Crippen LogP contribution in [0.3, 0.4) is 0 Å². The van der Waals surface area contributed by atoms with Crippen molar-refractivity contribution in [3.8, 4) is 0 Å². The Balaban J connectivity index is 2.23. The average Bonchev–Trinajstić information content (AvgIpc) is 2.77. The molecule has 0 aliphatic carbocycles. The van der Waals surface area contributed by atoms with E-state index in [0.29, 0.717) is 29.4 Å². The van der Waals surface area contributed by atoms with Gasteiger partial charge in [-0.05, 0) is 34.8 Å². The maximum atomic E-state index is 12.1. The van der Waals surface area contributed by atoms with Crippen molar-refractivity contribution in [3.05, 3.63) is 28.5 Å². The monoisotopic (exact) mass is 297 g/mol. The molecule has 0 radical (unpaired) electrons. The van der Waals surface area contributed by atoms with E-state index in [1.807, 2.05) is 0 Å². The van der Waals surface area contributed by atoms with Crippen molar-refractivity contribution in [2.24, 2.45) is 0 Å². The Bertz CT molecular complexity index is 464. The number of likely N-dealkylation sites (tertiary alicyclic amines) is 1. The number of carbonyl (C=O) groups excluding carboxylic acids is 2. The summed E-state index contributed by atoms with van der Waals surface area (Å²) < 4.78 is 0.688. The van der Waals surface area contributed by atoms with Crippen LogP contribution < -0.4 is 5.11 Å². The SMILES string of the molecule is O=C([O-])[C@H]1CCCN1C(=O)c1cncc(Br)c1. The summed E-state index contributed by atoms with van der Waals surface area (Å²) in [5, 5.41) is 10.9. The predicted octanol–water partition coefficient (Wildman–Crippen LogP) is 0.199. The Morgan fingerprint density at radius 3 is 2.88 bits per heavy atom. The molecule has 1 aromatic heterocycles. The van der Waals surface area contributed by atoms with Gasteiger partial charge in [0.15, 0.2) is 0 Å². The lowest BCUT2D eigenvalue weighted by Crippen LogP contribution is -2.47. The number of hydrogen-bond donors (Lipinski definition) is 0. The van der Waals surface area contributed by atoms with Crippen LogP contribution in [0.2, 0.25) is 0 Å². The third kappa shape index (κ3) is 2.46. The molecule has 1 aliphatic rings. The molecule has 0 unspecified atom stereocenters. The molecule has 17 heavy (non-hydrogen) atoms. The molecular formula is C11H10BrN2O3-. The van der Waals surface area contributed by atoms with Crippen LogP contribution in [0.5, 0.6) is 0 Å². The number of pyridine rings is 1. The molecule has 0 saturated carbocycles. The van der Waals surface area contributed by atoms with Crippen LogP contribution >= 0.6 is 15.9 Å². The molecule has 90 valence electrons. The van der Waals surface area contributed by atoms with Gasteiger partial charge in [-0.2, -0.15) is 0 Å². The molecule has 1 aliphatic heterocycles. The van der Waals surface area contributed by atoms with Crippen molar-refractivity contribution in [2.75, 3.05) is 6.54 Å². The zero-order valence-electron chi connectivity index (χ0n) is 8.93. The van der Waals surface area contributed by atoms with Gasteiger partial charge in [0.25, 0.3) is 5.91 Å². The highest BCUT2D eigenvalue weighted by Crippen LogP contribution is 2.20. The van der Waals surface area contributed by atoms with Crippen LogP contribution in [0.15, 0.2) is 22.9 Å². The quantitative estimate of drug-likeness (QED) is 0.782. The molecule has 6 heteroatoms. The summed E-state index contributed by atoms with van der Waals surface area (Å²) in [5.41, 5.74) is 0.382. The van der Waals surface area contributed by atoms with Crippen molar-refractivity contribution in [1.82, 2.24) is 9.88 Å². The zero-order valence-corrected chi connectivity index (χ0v) is 10.5. The van der Waals surface area contributed by atoms with Crippen LogP contribution in [0.4, 0.5) is 0 Å². The van der Waals surface area contributed by atoms with E-state index in [9.17, 15) is 14.7 Å². The van der Waals surface area contributed by atoms with Gasteiger partial charge < -0.3 is 14.8 Å². The molecule has 2 heterocycles. The van der Waals surface area contributed by atoms with E-state index in [-0.39, 0.29) is 5.91 Å². The second-order valence-corrected chi connectivity index (χ2v) is 4.78. The second-order valence-electron chi connectivity index (χ2n) is 3.87. The minimum absolute atomic E-state index is 0.314. The number of amides is 1. The van der Waals surface area contributed by atoms with Gasteiger partial charge in [-0.1, -0.05) is 0 Å². The fourth-order valence-electron chi connectivity index (χ4n) is 1.95. The van der Waals surface area contributed by atoms with Crippen LogP contribution in [-0.2, 0) is 4.79 Å². The van der Waals surface area contributed by atoms with Crippen molar-refractivity contribution in [1.29, 1.82) is 0 Å². The fraction of sp³-hybridized carbons (Fsp3) is 0.364. The lowest BCUT2D eigenvalue weighted by atomic mass is 10.2. The first-order valence-electron chi connectivity index (χ1n) is 5.22. The molecule has 0 bridgehead atoms. The first-order valence-corrected chi connectivity index (χ1v) is 6.01. The van der Waals surface area contributed by atoms with Gasteiger partial charge in [-0.15, -0.1) is 0 Å². The number of hydrogen-bond acceptors (Lipinski definition) is 4. The lowest BCUT2D eigenvalue weighted by molar-refractivity contribution is -0.310. The summed E-state index contributed by atoms with van der Waals surface area (Å²) in [7, 11) is 0. The van der Waals surface area contributed by atoms with E-state index in [0.717, 1.165) is 0 Å². The van der Waals surface area contributed by atoms with Gasteiger partial charge in [-0.3, -0.25) is 9.78 Å². The highest BCUT2D eigenvalue weighted by molar-refractivity contribution is 9.10. The van der Waals surface area contributed by atoms with Crippen LogP contribution in [0.1, 0.15) is 23.2 Å². The maximum absolute atomic E-state index is 12.1. The summed E-state index contributed by atoms with van der Waals surface area (Å²) in [6, 6.07) is 0.807. The molecule has 1 amide bonds. The predicted molar refractivity (Wildman–Crippen MR) is 61.0 cm³/mol. The van der Waals surface area contributed by atoms with Crippen LogP contribution in [0.25, 0.3) is 0 Å². The smallest absolute Gasteiger partial charge is 0.256 e. The zero-order chi connectivity index (χ0) is 12.4. The van der Waals surface area contributed by atoms with Crippen molar-refractivity contribution in [2.45, 2.75) is 18.9 Å². The minimum Gasteiger partial charge on any atom is -0.548 e. The Kier molecular flexibility index (Phi) is 3.42. The van der Waals surface area contributed by atoms with Crippen molar-refractivity contribution >= 4 is 27.8 Å². The molecule has 1 aromatic rings. The number of aliphatic carboxylic acids is 1. The summed E-state index contributed by atoms with van der Waals surface area (Å²) in [4.78, 5) is 28.2. The Morgan fingerprint density at radius 2 is 2.24 bits per heavy atom. The van der Waals surface area contributed by atoms with E-state index in [1.165, 1.54) is 11.1 Å². The van der Waals surface area contributed by atoms with E-state index in [1.54, 1.807) is 12.3 Å². The topological polar surface area (TPSA) is 73.3 Å². The molecule has 1 atom stereocenters.